The summed E-state index contributed by atoms with van der Waals surface area (Å²) in [7, 11) is 0. The third kappa shape index (κ3) is 4.82. The second-order valence-corrected chi connectivity index (χ2v) is 7.11. The van der Waals surface area contributed by atoms with Gasteiger partial charge in [0.25, 0.3) is 0 Å². The lowest BCUT2D eigenvalue weighted by Crippen LogP contribution is -2.49. The Hall–Kier alpha value is -1.40. The molecule has 1 fully saturated rings. The summed E-state index contributed by atoms with van der Waals surface area (Å²) >= 11 is 17.9. The summed E-state index contributed by atoms with van der Waals surface area (Å²) in [5, 5.41) is 5.09. The molecule has 0 spiro atoms. The van der Waals surface area contributed by atoms with Gasteiger partial charge in [-0.1, -0.05) is 35.3 Å². The molecule has 0 saturated carbocycles. The van der Waals surface area contributed by atoms with Crippen molar-refractivity contribution >= 4 is 46.2 Å². The van der Waals surface area contributed by atoms with E-state index in [1.807, 2.05) is 18.2 Å². The number of halogens is 3. The first-order valence-electron chi connectivity index (χ1n) is 7.99. The van der Waals surface area contributed by atoms with Gasteiger partial charge in [0.2, 0.25) is 0 Å². The predicted molar refractivity (Wildman–Crippen MR) is 106 cm³/mol. The molecule has 25 heavy (non-hydrogen) atoms. The van der Waals surface area contributed by atoms with E-state index < -0.39 is 0 Å². The second-order valence-electron chi connectivity index (χ2n) is 5.90. The van der Waals surface area contributed by atoms with Crippen molar-refractivity contribution < 1.29 is 4.39 Å². The number of piperazine rings is 1. The lowest BCUT2D eigenvalue weighted by Gasteiger charge is -2.36. The Balaban J connectivity index is 1.54. The number of nitrogens with zero attached hydrogens (tertiary/aromatic N) is 2. The van der Waals surface area contributed by atoms with Crippen molar-refractivity contribution in [3.63, 3.8) is 0 Å². The molecule has 0 amide bonds. The Morgan fingerprint density at radius 1 is 1.04 bits per heavy atom. The Kier molecular flexibility index (Phi) is 6.12. The highest BCUT2D eigenvalue weighted by molar-refractivity contribution is 7.80. The van der Waals surface area contributed by atoms with Gasteiger partial charge in [-0.05, 0) is 42.5 Å². The van der Waals surface area contributed by atoms with Gasteiger partial charge in [-0.25, -0.2) is 4.39 Å². The molecule has 0 aromatic heterocycles. The van der Waals surface area contributed by atoms with E-state index in [-0.39, 0.29) is 5.82 Å². The zero-order valence-electron chi connectivity index (χ0n) is 13.5. The van der Waals surface area contributed by atoms with Crippen LogP contribution in [0.2, 0.25) is 10.0 Å². The number of benzene rings is 2. The largest absolute Gasteiger partial charge is 0.346 e. The molecule has 0 bridgehead atoms. The van der Waals surface area contributed by atoms with E-state index in [4.69, 9.17) is 35.4 Å². The van der Waals surface area contributed by atoms with E-state index in [0.29, 0.717) is 20.8 Å². The van der Waals surface area contributed by atoms with Crippen LogP contribution in [0.15, 0.2) is 42.5 Å². The molecule has 1 N–H and O–H groups in total. The molecule has 0 aliphatic carbocycles. The average Bonchev–Trinajstić information content (AvgIpc) is 2.59. The van der Waals surface area contributed by atoms with E-state index >= 15 is 0 Å². The van der Waals surface area contributed by atoms with Crippen LogP contribution in [0.4, 0.5) is 10.1 Å². The number of thiocarbonyl (C=S) groups is 1. The monoisotopic (exact) mass is 397 g/mol. The third-order valence-corrected chi connectivity index (χ3v) is 5.25. The second kappa shape index (κ2) is 8.32. The summed E-state index contributed by atoms with van der Waals surface area (Å²) in [6.07, 6.45) is 0. The summed E-state index contributed by atoms with van der Waals surface area (Å²) < 4.78 is 13.3. The van der Waals surface area contributed by atoms with Gasteiger partial charge in [0, 0.05) is 54.0 Å². The molecule has 0 unspecified atom stereocenters. The van der Waals surface area contributed by atoms with Crippen LogP contribution in [0.3, 0.4) is 0 Å². The maximum Gasteiger partial charge on any atom is 0.173 e. The van der Waals surface area contributed by atoms with Gasteiger partial charge >= 0.3 is 0 Å². The minimum Gasteiger partial charge on any atom is -0.346 e. The molecule has 3 nitrogen and oxygen atoms in total. The third-order valence-electron chi connectivity index (χ3n) is 4.18. The van der Waals surface area contributed by atoms with Crippen molar-refractivity contribution in [3.05, 3.63) is 63.9 Å². The molecule has 2 aromatic carbocycles. The maximum atomic E-state index is 13.3. The van der Waals surface area contributed by atoms with Crippen molar-refractivity contribution in [2.75, 3.05) is 31.5 Å². The fourth-order valence-electron chi connectivity index (χ4n) is 2.78. The van der Waals surface area contributed by atoms with E-state index in [9.17, 15) is 4.39 Å². The van der Waals surface area contributed by atoms with Gasteiger partial charge in [-0.2, -0.15) is 0 Å². The van der Waals surface area contributed by atoms with E-state index in [1.165, 1.54) is 12.1 Å². The predicted octanol–water partition coefficient (Wildman–Crippen LogP) is 4.65. The molecule has 1 saturated heterocycles. The summed E-state index contributed by atoms with van der Waals surface area (Å²) in [6.45, 7) is 4.02. The first-order valence-corrected chi connectivity index (χ1v) is 9.16. The molecular weight excluding hydrogens is 380 g/mol. The minimum atomic E-state index is -0.283. The Bertz CT molecular complexity index is 743. The highest BCUT2D eigenvalue weighted by Gasteiger charge is 2.20. The van der Waals surface area contributed by atoms with Crippen LogP contribution in [0.1, 0.15) is 5.56 Å². The van der Waals surface area contributed by atoms with Crippen LogP contribution in [-0.4, -0.2) is 41.1 Å². The van der Waals surface area contributed by atoms with Gasteiger partial charge in [-0.15, -0.1) is 0 Å². The van der Waals surface area contributed by atoms with Crippen LogP contribution in [0.25, 0.3) is 0 Å². The van der Waals surface area contributed by atoms with Gasteiger partial charge in [0.15, 0.2) is 5.11 Å². The summed E-state index contributed by atoms with van der Waals surface area (Å²) in [5.74, 6) is -0.283. The van der Waals surface area contributed by atoms with Crippen LogP contribution < -0.4 is 5.32 Å². The van der Waals surface area contributed by atoms with Crippen LogP contribution in [-0.2, 0) is 6.54 Å². The van der Waals surface area contributed by atoms with Crippen LogP contribution in [0.5, 0.6) is 0 Å². The van der Waals surface area contributed by atoms with Crippen molar-refractivity contribution in [1.29, 1.82) is 0 Å². The lowest BCUT2D eigenvalue weighted by molar-refractivity contribution is 0.177. The molecule has 2 aromatic rings. The quantitative estimate of drug-likeness (QED) is 0.759. The number of nitrogens with one attached hydrogen (secondary N) is 1. The molecular formula is C18H18Cl2FN3S. The van der Waals surface area contributed by atoms with Gasteiger partial charge < -0.3 is 10.2 Å². The Morgan fingerprint density at radius 2 is 1.68 bits per heavy atom. The number of rotatable bonds is 3. The molecule has 0 atom stereocenters. The average molecular weight is 398 g/mol. The molecule has 1 aliphatic rings. The topological polar surface area (TPSA) is 18.5 Å². The summed E-state index contributed by atoms with van der Waals surface area (Å²) in [5.41, 5.74) is 1.62. The molecule has 1 heterocycles. The minimum absolute atomic E-state index is 0.283. The number of anilines is 1. The first kappa shape index (κ1) is 18.4. The molecule has 3 rings (SSSR count). The molecule has 1 aliphatic heterocycles. The standard InChI is InChI=1S/C18H18Cl2FN3S/c19-16-5-2-6-17(20)15(16)12-23-7-9-24(10-8-23)18(25)22-14-4-1-3-13(21)11-14/h1-6,11H,7-10,12H2,(H,22,25). The normalized spacial score (nSPS) is 15.2. The fourth-order valence-corrected chi connectivity index (χ4v) is 3.60. The summed E-state index contributed by atoms with van der Waals surface area (Å²) in [6, 6.07) is 11.9. The molecule has 132 valence electrons. The highest BCUT2D eigenvalue weighted by atomic mass is 35.5. The van der Waals surface area contributed by atoms with Gasteiger partial charge in [-0.3, -0.25) is 4.90 Å². The van der Waals surface area contributed by atoms with E-state index in [0.717, 1.165) is 38.3 Å². The lowest BCUT2D eigenvalue weighted by atomic mass is 10.2. The van der Waals surface area contributed by atoms with Crippen molar-refractivity contribution in [2.24, 2.45) is 0 Å². The zero-order valence-corrected chi connectivity index (χ0v) is 15.8. The Labute approximate surface area is 162 Å². The van der Waals surface area contributed by atoms with Gasteiger partial charge in [0.1, 0.15) is 5.82 Å². The van der Waals surface area contributed by atoms with Crippen molar-refractivity contribution in [3.8, 4) is 0 Å². The van der Waals surface area contributed by atoms with Crippen molar-refractivity contribution in [1.82, 2.24) is 9.80 Å². The van der Waals surface area contributed by atoms with E-state index in [2.05, 4.69) is 15.1 Å². The smallest absolute Gasteiger partial charge is 0.173 e. The van der Waals surface area contributed by atoms with Crippen LogP contribution >= 0.6 is 35.4 Å². The zero-order chi connectivity index (χ0) is 17.8. The SMILES string of the molecule is Fc1cccc(NC(=S)N2CCN(Cc3c(Cl)cccc3Cl)CC2)c1. The molecule has 0 radical (unpaired) electrons. The highest BCUT2D eigenvalue weighted by Crippen LogP contribution is 2.26. The summed E-state index contributed by atoms with van der Waals surface area (Å²) in [4.78, 5) is 4.39. The Morgan fingerprint density at radius 3 is 2.32 bits per heavy atom. The van der Waals surface area contributed by atoms with Gasteiger partial charge in [0.05, 0.1) is 0 Å². The molecule has 7 heteroatoms. The maximum absolute atomic E-state index is 13.3. The van der Waals surface area contributed by atoms with Crippen molar-refractivity contribution in [2.45, 2.75) is 6.54 Å². The fraction of sp³-hybridized carbons (Fsp3) is 0.278. The number of hydrogen-bond acceptors (Lipinski definition) is 2. The van der Waals surface area contributed by atoms with E-state index in [1.54, 1.807) is 12.1 Å². The number of hydrogen-bond donors (Lipinski definition) is 1. The van der Waals surface area contributed by atoms with Crippen LogP contribution in [0, 0.1) is 5.82 Å². The first-order chi connectivity index (χ1) is 12.0.